The lowest BCUT2D eigenvalue weighted by Gasteiger charge is -2.09. The molecule has 1 aromatic rings. The van der Waals surface area contributed by atoms with E-state index in [1.807, 2.05) is 0 Å². The molecule has 0 aliphatic carbocycles. The number of nitrogens with zero attached hydrogens (tertiary/aromatic N) is 2. The van der Waals surface area contributed by atoms with Crippen molar-refractivity contribution in [3.8, 4) is 11.8 Å². The Kier molecular flexibility index (Phi) is 6.04. The Morgan fingerprint density at radius 1 is 1.19 bits per heavy atom. The molecule has 0 saturated carbocycles. The molecule has 0 aliphatic rings. The van der Waals surface area contributed by atoms with E-state index in [9.17, 15) is 26.6 Å². The van der Waals surface area contributed by atoms with E-state index in [1.54, 1.807) is 5.32 Å². The molecule has 0 radical (unpaired) electrons. The molecule has 1 rings (SSSR count). The number of carbonyl (C=O) groups excluding carboxylic acids is 1. The van der Waals surface area contributed by atoms with Crippen LogP contribution in [0.4, 0.5) is 28.3 Å². The van der Waals surface area contributed by atoms with Crippen LogP contribution in [-0.4, -0.2) is 38.0 Å². The molecule has 0 fully saturated rings. The minimum absolute atomic E-state index is 0.533. The Labute approximate surface area is 116 Å². The summed E-state index contributed by atoms with van der Waals surface area (Å²) in [5.41, 5.74) is 0. The number of nitrogens with one attached hydrogen (secondary N) is 2. The zero-order valence-electron chi connectivity index (χ0n) is 9.63. The Hall–Kier alpha value is -2.22. The van der Waals surface area contributed by atoms with Gasteiger partial charge >= 0.3 is 19.3 Å². The summed E-state index contributed by atoms with van der Waals surface area (Å²) in [6.45, 7) is -6.63. The molecule has 0 saturated heterocycles. The highest BCUT2D eigenvalue weighted by Gasteiger charge is 2.15. The topological polar surface area (TPSA) is 123 Å². The predicted molar refractivity (Wildman–Crippen MR) is 58.2 cm³/mol. The SMILES string of the molecule is O=C(Nc1nc(OC(F)F)cc(OC(F)F)n1)NS(=O)O. The molecular formula is C7H6F4N4O5S. The fraction of sp³-hybridized carbons (Fsp3) is 0.286. The van der Waals surface area contributed by atoms with Gasteiger partial charge in [-0.3, -0.25) is 9.87 Å². The number of hydrogen-bond donors (Lipinski definition) is 3. The van der Waals surface area contributed by atoms with Crippen molar-refractivity contribution in [1.82, 2.24) is 14.7 Å². The van der Waals surface area contributed by atoms with Gasteiger partial charge in [0.05, 0.1) is 6.07 Å². The molecule has 2 amide bonds. The third-order valence-electron chi connectivity index (χ3n) is 1.50. The largest absolute Gasteiger partial charge is 0.417 e. The molecule has 118 valence electrons. The number of carbonyl (C=O) groups is 1. The fourth-order valence-electron chi connectivity index (χ4n) is 0.969. The first-order valence-corrected chi connectivity index (χ1v) is 5.84. The summed E-state index contributed by atoms with van der Waals surface area (Å²) < 4.78 is 75.9. The van der Waals surface area contributed by atoms with E-state index in [1.165, 1.54) is 4.72 Å². The molecule has 1 unspecified atom stereocenters. The van der Waals surface area contributed by atoms with Crippen molar-refractivity contribution in [2.24, 2.45) is 0 Å². The monoisotopic (exact) mass is 334 g/mol. The number of hydrogen-bond acceptors (Lipinski definition) is 6. The summed E-state index contributed by atoms with van der Waals surface area (Å²) in [6.07, 6.45) is 0. The van der Waals surface area contributed by atoms with Crippen molar-refractivity contribution < 1.29 is 40.6 Å². The Bertz CT molecular complexity index is 505. The lowest BCUT2D eigenvalue weighted by molar-refractivity contribution is -0.0579. The molecule has 1 aromatic heterocycles. The first kappa shape index (κ1) is 16.8. The first-order valence-electron chi connectivity index (χ1n) is 4.73. The zero-order valence-corrected chi connectivity index (χ0v) is 10.4. The second-order valence-electron chi connectivity index (χ2n) is 2.93. The Morgan fingerprint density at radius 2 is 1.67 bits per heavy atom. The number of urea groups is 1. The van der Waals surface area contributed by atoms with Crippen LogP contribution in [0.25, 0.3) is 0 Å². The van der Waals surface area contributed by atoms with Gasteiger partial charge in [0.15, 0.2) is 0 Å². The zero-order chi connectivity index (χ0) is 16.0. The van der Waals surface area contributed by atoms with Crippen LogP contribution in [0.15, 0.2) is 6.07 Å². The molecule has 0 aliphatic heterocycles. The van der Waals surface area contributed by atoms with Gasteiger partial charge in [0.25, 0.3) is 11.3 Å². The van der Waals surface area contributed by atoms with Crippen LogP contribution in [0.5, 0.6) is 11.8 Å². The number of ether oxygens (including phenoxy) is 2. The van der Waals surface area contributed by atoms with Crippen molar-refractivity contribution in [1.29, 1.82) is 0 Å². The van der Waals surface area contributed by atoms with E-state index < -0.39 is 48.2 Å². The van der Waals surface area contributed by atoms with Crippen LogP contribution in [0.3, 0.4) is 0 Å². The average Bonchev–Trinajstić information content (AvgIpc) is 2.24. The van der Waals surface area contributed by atoms with Gasteiger partial charge in [0, 0.05) is 0 Å². The minimum atomic E-state index is -3.31. The highest BCUT2D eigenvalue weighted by Crippen LogP contribution is 2.21. The standard InChI is InChI=1S/C7H6F4N4O5S/c8-4(9)19-2-1-3(20-5(10)11)13-6(12-2)14-7(16)15-21(17)18/h1,4-5H,(H,17,18)(H2,12,13,14,15,16). The van der Waals surface area contributed by atoms with Crippen molar-refractivity contribution in [3.05, 3.63) is 6.07 Å². The number of amides is 2. The second-order valence-corrected chi connectivity index (χ2v) is 3.63. The smallest absolute Gasteiger partial charge is 0.388 e. The summed E-state index contributed by atoms with van der Waals surface area (Å²) in [7, 11) is 0. The summed E-state index contributed by atoms with van der Waals surface area (Å²) in [5.74, 6) is -2.50. The normalized spacial score (nSPS) is 12.1. The quantitative estimate of drug-likeness (QED) is 0.522. The third kappa shape index (κ3) is 6.66. The van der Waals surface area contributed by atoms with Crippen LogP contribution in [0.1, 0.15) is 0 Å². The lowest BCUT2D eigenvalue weighted by Crippen LogP contribution is -2.30. The summed E-state index contributed by atoms with van der Waals surface area (Å²) >= 11 is -2.72. The van der Waals surface area contributed by atoms with Crippen molar-refractivity contribution >= 4 is 23.2 Å². The third-order valence-corrected chi connectivity index (χ3v) is 1.86. The van der Waals surface area contributed by atoms with Gasteiger partial charge in [-0.25, -0.2) is 13.7 Å². The average molecular weight is 334 g/mol. The molecule has 0 spiro atoms. The van der Waals surface area contributed by atoms with Gasteiger partial charge in [0.2, 0.25) is 17.7 Å². The van der Waals surface area contributed by atoms with E-state index in [0.717, 1.165) is 0 Å². The molecule has 21 heavy (non-hydrogen) atoms. The molecule has 3 N–H and O–H groups in total. The van der Waals surface area contributed by atoms with Crippen LogP contribution in [0, 0.1) is 0 Å². The van der Waals surface area contributed by atoms with Gasteiger partial charge in [0.1, 0.15) is 0 Å². The maximum atomic E-state index is 12.0. The molecule has 9 nitrogen and oxygen atoms in total. The van der Waals surface area contributed by atoms with E-state index in [4.69, 9.17) is 4.55 Å². The van der Waals surface area contributed by atoms with Crippen LogP contribution in [-0.2, 0) is 11.3 Å². The van der Waals surface area contributed by atoms with E-state index in [-0.39, 0.29) is 0 Å². The number of halogens is 4. The second kappa shape index (κ2) is 7.53. The lowest BCUT2D eigenvalue weighted by atomic mass is 10.6. The van der Waals surface area contributed by atoms with Gasteiger partial charge in [-0.2, -0.15) is 27.5 Å². The van der Waals surface area contributed by atoms with Gasteiger partial charge in [-0.15, -0.1) is 0 Å². The highest BCUT2D eigenvalue weighted by molar-refractivity contribution is 7.77. The summed E-state index contributed by atoms with van der Waals surface area (Å²) in [4.78, 5) is 17.5. The number of aromatic nitrogens is 2. The fourth-order valence-corrected chi connectivity index (χ4v) is 1.18. The molecule has 1 atom stereocenters. The number of alkyl halides is 4. The number of anilines is 1. The predicted octanol–water partition coefficient (Wildman–Crippen LogP) is 0.938. The van der Waals surface area contributed by atoms with Gasteiger partial charge < -0.3 is 9.47 Å². The van der Waals surface area contributed by atoms with E-state index in [0.29, 0.717) is 6.07 Å². The van der Waals surface area contributed by atoms with Crippen LogP contribution < -0.4 is 19.5 Å². The van der Waals surface area contributed by atoms with Crippen LogP contribution in [0.2, 0.25) is 0 Å². The molecular weight excluding hydrogens is 328 g/mol. The molecule has 0 aromatic carbocycles. The number of rotatable bonds is 6. The first-order chi connectivity index (χ1) is 9.76. The Morgan fingerprint density at radius 3 is 2.05 bits per heavy atom. The summed E-state index contributed by atoms with van der Waals surface area (Å²) in [6, 6.07) is -0.765. The van der Waals surface area contributed by atoms with Gasteiger partial charge in [-0.1, -0.05) is 0 Å². The van der Waals surface area contributed by atoms with E-state index in [2.05, 4.69) is 19.4 Å². The van der Waals surface area contributed by atoms with Crippen LogP contribution >= 0.6 is 0 Å². The maximum absolute atomic E-state index is 12.0. The minimum Gasteiger partial charge on any atom is -0.417 e. The van der Waals surface area contributed by atoms with Crippen molar-refractivity contribution in [2.45, 2.75) is 13.2 Å². The molecule has 14 heteroatoms. The summed E-state index contributed by atoms with van der Waals surface area (Å²) in [5, 5.41) is 1.73. The van der Waals surface area contributed by atoms with Crippen molar-refractivity contribution in [3.63, 3.8) is 0 Å². The molecule has 0 bridgehead atoms. The highest BCUT2D eigenvalue weighted by atomic mass is 32.2. The van der Waals surface area contributed by atoms with E-state index >= 15 is 0 Å². The maximum Gasteiger partial charge on any atom is 0.388 e. The Balaban J connectivity index is 2.94. The molecule has 1 heterocycles. The van der Waals surface area contributed by atoms with Gasteiger partial charge in [-0.05, 0) is 0 Å². The van der Waals surface area contributed by atoms with Crippen molar-refractivity contribution in [2.75, 3.05) is 5.32 Å².